The first kappa shape index (κ1) is 10.7. The van der Waals surface area contributed by atoms with Crippen molar-refractivity contribution >= 4 is 5.97 Å². The highest BCUT2D eigenvalue weighted by atomic mass is 16.4. The lowest BCUT2D eigenvalue weighted by atomic mass is 9.95. The van der Waals surface area contributed by atoms with Gasteiger partial charge in [0.15, 0.2) is 0 Å². The summed E-state index contributed by atoms with van der Waals surface area (Å²) in [6, 6.07) is 8.99. The van der Waals surface area contributed by atoms with Crippen LogP contribution >= 0.6 is 0 Å². The van der Waals surface area contributed by atoms with E-state index in [0.717, 1.165) is 5.56 Å². The van der Waals surface area contributed by atoms with Crippen LogP contribution in [0.2, 0.25) is 0 Å². The maximum Gasteiger partial charge on any atom is 0.320 e. The number of hydrogen-bond acceptors (Lipinski definition) is 2. The van der Waals surface area contributed by atoms with Crippen molar-refractivity contribution in [1.82, 2.24) is 0 Å². The molecule has 0 heterocycles. The van der Waals surface area contributed by atoms with Gasteiger partial charge >= 0.3 is 5.97 Å². The van der Waals surface area contributed by atoms with Gasteiger partial charge in [-0.1, -0.05) is 37.3 Å². The Labute approximate surface area is 83.6 Å². The molecule has 1 aromatic rings. The summed E-state index contributed by atoms with van der Waals surface area (Å²) < 4.78 is 0. The summed E-state index contributed by atoms with van der Waals surface area (Å²) in [5, 5.41) is 8.71. The highest BCUT2D eigenvalue weighted by Gasteiger charge is 2.19. The van der Waals surface area contributed by atoms with Crippen LogP contribution in [0.3, 0.4) is 0 Å². The third kappa shape index (κ3) is 2.85. The minimum atomic E-state index is -0.937. The Morgan fingerprint density at radius 3 is 2.50 bits per heavy atom. The van der Waals surface area contributed by atoms with Gasteiger partial charge in [-0.25, -0.2) is 0 Å². The number of carbonyl (C=O) groups is 1. The van der Waals surface area contributed by atoms with E-state index in [4.69, 9.17) is 10.8 Å². The van der Waals surface area contributed by atoms with Crippen molar-refractivity contribution in [2.24, 2.45) is 11.7 Å². The average Bonchev–Trinajstić information content (AvgIpc) is 2.18. The molecule has 14 heavy (non-hydrogen) atoms. The summed E-state index contributed by atoms with van der Waals surface area (Å²) >= 11 is 0. The molecule has 0 saturated heterocycles. The molecule has 0 saturated carbocycles. The van der Waals surface area contributed by atoms with Crippen LogP contribution in [0, 0.1) is 5.92 Å². The van der Waals surface area contributed by atoms with E-state index < -0.39 is 12.0 Å². The van der Waals surface area contributed by atoms with E-state index in [2.05, 4.69) is 0 Å². The normalized spacial score (nSPS) is 14.7. The van der Waals surface area contributed by atoms with Gasteiger partial charge in [0.05, 0.1) is 0 Å². The van der Waals surface area contributed by atoms with Crippen molar-refractivity contribution in [3.63, 3.8) is 0 Å². The molecule has 1 rings (SSSR count). The standard InChI is InChI=1S/C11H15NO2/c1-8(10(12)11(13)14)7-9-5-3-2-4-6-9/h2-6,8,10H,7,12H2,1H3,(H,13,14)/t8-,10-/m1/s1. The minimum absolute atomic E-state index is 0.0464. The van der Waals surface area contributed by atoms with Crippen molar-refractivity contribution < 1.29 is 9.90 Å². The zero-order chi connectivity index (χ0) is 10.6. The van der Waals surface area contributed by atoms with E-state index in [0.29, 0.717) is 6.42 Å². The van der Waals surface area contributed by atoms with Gasteiger partial charge in [0.2, 0.25) is 0 Å². The lowest BCUT2D eigenvalue weighted by Gasteiger charge is -2.15. The first-order chi connectivity index (χ1) is 6.61. The summed E-state index contributed by atoms with van der Waals surface area (Å²) in [7, 11) is 0. The Morgan fingerprint density at radius 1 is 1.43 bits per heavy atom. The van der Waals surface area contributed by atoms with Crippen molar-refractivity contribution in [3.05, 3.63) is 35.9 Å². The number of aliphatic carboxylic acids is 1. The van der Waals surface area contributed by atoms with Crippen LogP contribution in [0.25, 0.3) is 0 Å². The molecule has 0 bridgehead atoms. The first-order valence-electron chi connectivity index (χ1n) is 4.63. The molecule has 0 aliphatic carbocycles. The van der Waals surface area contributed by atoms with Crippen molar-refractivity contribution in [2.75, 3.05) is 0 Å². The van der Waals surface area contributed by atoms with Gasteiger partial charge < -0.3 is 10.8 Å². The number of carboxylic acids is 1. The van der Waals surface area contributed by atoms with E-state index in [9.17, 15) is 4.79 Å². The third-order valence-corrected chi connectivity index (χ3v) is 2.30. The van der Waals surface area contributed by atoms with Crippen molar-refractivity contribution in [2.45, 2.75) is 19.4 Å². The lowest BCUT2D eigenvalue weighted by Crippen LogP contribution is -2.37. The molecule has 2 atom stereocenters. The molecular formula is C11H15NO2. The van der Waals surface area contributed by atoms with Crippen LogP contribution in [0.15, 0.2) is 30.3 Å². The van der Waals surface area contributed by atoms with Crippen LogP contribution in [0.1, 0.15) is 12.5 Å². The van der Waals surface area contributed by atoms with Crippen LogP contribution in [0.5, 0.6) is 0 Å². The molecule has 76 valence electrons. The fourth-order valence-electron chi connectivity index (χ4n) is 1.36. The molecule has 0 aromatic heterocycles. The second-order valence-corrected chi connectivity index (χ2v) is 3.53. The Bertz CT molecular complexity index is 297. The highest BCUT2D eigenvalue weighted by Crippen LogP contribution is 2.10. The van der Waals surface area contributed by atoms with Gasteiger partial charge in [0.25, 0.3) is 0 Å². The predicted molar refractivity (Wildman–Crippen MR) is 54.9 cm³/mol. The zero-order valence-corrected chi connectivity index (χ0v) is 8.18. The monoisotopic (exact) mass is 193 g/mol. The van der Waals surface area contributed by atoms with Crippen LogP contribution < -0.4 is 5.73 Å². The molecule has 1 aromatic carbocycles. The molecular weight excluding hydrogens is 178 g/mol. The Kier molecular flexibility index (Phi) is 3.65. The second kappa shape index (κ2) is 4.77. The summed E-state index contributed by atoms with van der Waals surface area (Å²) in [5.41, 5.74) is 6.63. The fraction of sp³-hybridized carbons (Fsp3) is 0.364. The molecule has 0 fully saturated rings. The van der Waals surface area contributed by atoms with Crippen molar-refractivity contribution in [1.29, 1.82) is 0 Å². The van der Waals surface area contributed by atoms with E-state index in [1.54, 1.807) is 0 Å². The Morgan fingerprint density at radius 2 is 2.00 bits per heavy atom. The molecule has 3 N–H and O–H groups in total. The second-order valence-electron chi connectivity index (χ2n) is 3.53. The van der Waals surface area contributed by atoms with Crippen LogP contribution in [-0.4, -0.2) is 17.1 Å². The van der Waals surface area contributed by atoms with Crippen LogP contribution in [-0.2, 0) is 11.2 Å². The number of hydrogen-bond donors (Lipinski definition) is 2. The Hall–Kier alpha value is -1.35. The molecule has 0 spiro atoms. The van der Waals surface area contributed by atoms with E-state index in [1.807, 2.05) is 37.3 Å². The summed E-state index contributed by atoms with van der Waals surface area (Å²) in [5.74, 6) is -0.983. The van der Waals surface area contributed by atoms with E-state index >= 15 is 0 Å². The van der Waals surface area contributed by atoms with E-state index in [-0.39, 0.29) is 5.92 Å². The van der Waals surface area contributed by atoms with Crippen LogP contribution in [0.4, 0.5) is 0 Å². The van der Waals surface area contributed by atoms with E-state index in [1.165, 1.54) is 0 Å². The highest BCUT2D eigenvalue weighted by molar-refractivity contribution is 5.73. The summed E-state index contributed by atoms with van der Waals surface area (Å²) in [6.45, 7) is 1.85. The third-order valence-electron chi connectivity index (χ3n) is 2.30. The molecule has 0 radical (unpaired) electrons. The largest absolute Gasteiger partial charge is 0.480 e. The fourth-order valence-corrected chi connectivity index (χ4v) is 1.36. The number of carboxylic acid groups (broad SMARTS) is 1. The molecule has 0 aliphatic rings. The number of nitrogens with two attached hydrogens (primary N) is 1. The average molecular weight is 193 g/mol. The maximum atomic E-state index is 10.6. The van der Waals surface area contributed by atoms with Gasteiger partial charge in [-0.15, -0.1) is 0 Å². The Balaban J connectivity index is 2.57. The topological polar surface area (TPSA) is 63.3 Å². The maximum absolute atomic E-state index is 10.6. The number of benzene rings is 1. The molecule has 3 nitrogen and oxygen atoms in total. The van der Waals surface area contributed by atoms with Gasteiger partial charge in [-0.3, -0.25) is 4.79 Å². The number of rotatable bonds is 4. The smallest absolute Gasteiger partial charge is 0.320 e. The molecule has 0 unspecified atom stereocenters. The summed E-state index contributed by atoms with van der Waals surface area (Å²) in [6.07, 6.45) is 0.703. The zero-order valence-electron chi connectivity index (χ0n) is 8.18. The lowest BCUT2D eigenvalue weighted by molar-refractivity contribution is -0.139. The first-order valence-corrected chi connectivity index (χ1v) is 4.63. The minimum Gasteiger partial charge on any atom is -0.480 e. The van der Waals surface area contributed by atoms with Gasteiger partial charge in [-0.05, 0) is 17.9 Å². The SMILES string of the molecule is C[C@H](Cc1ccccc1)[C@@H](N)C(=O)O. The van der Waals surface area contributed by atoms with Gasteiger partial charge in [-0.2, -0.15) is 0 Å². The molecule has 0 aliphatic heterocycles. The summed E-state index contributed by atoms with van der Waals surface area (Å²) in [4.78, 5) is 10.6. The predicted octanol–water partition coefficient (Wildman–Crippen LogP) is 1.28. The quantitative estimate of drug-likeness (QED) is 0.757. The molecule has 0 amide bonds. The van der Waals surface area contributed by atoms with Gasteiger partial charge in [0, 0.05) is 0 Å². The van der Waals surface area contributed by atoms with Crippen molar-refractivity contribution in [3.8, 4) is 0 Å². The van der Waals surface area contributed by atoms with Gasteiger partial charge in [0.1, 0.15) is 6.04 Å². The molecule has 3 heteroatoms.